The zero-order valence-electron chi connectivity index (χ0n) is 13.1. The number of hydroxylamine groups is 2. The molecule has 1 aliphatic heterocycles. The summed E-state index contributed by atoms with van der Waals surface area (Å²) in [5.74, 6) is -2.40. The maximum Gasteiger partial charge on any atom is 0.408 e. The number of benzene rings is 1. The molecule has 0 aromatic heterocycles. The molecule has 9 heteroatoms. The van der Waals surface area contributed by atoms with Crippen LogP contribution in [0.25, 0.3) is 0 Å². The van der Waals surface area contributed by atoms with E-state index in [0.29, 0.717) is 5.06 Å². The maximum atomic E-state index is 12.0. The minimum atomic E-state index is -1.37. The first kappa shape index (κ1) is 17.9. The van der Waals surface area contributed by atoms with Gasteiger partial charge >= 0.3 is 12.1 Å². The largest absolute Gasteiger partial charge is 0.445 e. The number of carbonyl (C=O) groups is 4. The topological polar surface area (TPSA) is 126 Å². The molecule has 130 valence electrons. The Morgan fingerprint density at radius 1 is 1.20 bits per heavy atom. The highest BCUT2D eigenvalue weighted by Gasteiger charge is 2.35. The highest BCUT2D eigenvalue weighted by Crippen LogP contribution is 2.13. The van der Waals surface area contributed by atoms with Gasteiger partial charge in [0.25, 0.3) is 11.8 Å². The van der Waals surface area contributed by atoms with E-state index in [2.05, 4.69) is 10.2 Å². The summed E-state index contributed by atoms with van der Waals surface area (Å²) in [4.78, 5) is 51.3. The third-order valence-corrected chi connectivity index (χ3v) is 3.27. The lowest BCUT2D eigenvalue weighted by Gasteiger charge is -2.18. The lowest BCUT2D eigenvalue weighted by atomic mass is 10.2. The number of alkyl carbamates (subject to hydrolysis) is 1. The number of rotatable bonds is 6. The first-order valence-electron chi connectivity index (χ1n) is 7.43. The Kier molecular flexibility index (Phi) is 6.06. The van der Waals surface area contributed by atoms with Crippen LogP contribution in [0.2, 0.25) is 0 Å². The van der Waals surface area contributed by atoms with Crippen molar-refractivity contribution in [2.75, 3.05) is 0 Å². The fourth-order valence-electron chi connectivity index (χ4n) is 2.00. The van der Waals surface area contributed by atoms with E-state index >= 15 is 0 Å². The zero-order valence-corrected chi connectivity index (χ0v) is 13.1. The van der Waals surface area contributed by atoms with Gasteiger partial charge in [0, 0.05) is 12.8 Å². The van der Waals surface area contributed by atoms with Crippen molar-refractivity contribution in [2.45, 2.75) is 31.9 Å². The smallest absolute Gasteiger partial charge is 0.408 e. The van der Waals surface area contributed by atoms with Crippen LogP contribution < -0.4 is 5.32 Å². The zero-order chi connectivity index (χ0) is 18.2. The Morgan fingerprint density at radius 3 is 2.44 bits per heavy atom. The highest BCUT2D eigenvalue weighted by atomic mass is 16.7. The average molecular weight is 345 g/mol. The van der Waals surface area contributed by atoms with Gasteiger partial charge in [0.1, 0.15) is 12.6 Å². The first-order chi connectivity index (χ1) is 12.0. The summed E-state index contributed by atoms with van der Waals surface area (Å²) in [6.07, 6.45) is -1.45. The van der Waals surface area contributed by atoms with E-state index < -0.39 is 36.3 Å². The Hall–Kier alpha value is -3.41. The SMILES string of the molecule is N#CC[C@@H](NC(=O)OCc1ccccc1)C(=O)ON1C(=O)CCC1=O. The number of carbonyl (C=O) groups excluding carboxylic acids is 4. The van der Waals surface area contributed by atoms with Gasteiger partial charge in [-0.3, -0.25) is 9.59 Å². The van der Waals surface area contributed by atoms with Crippen LogP contribution in [-0.4, -0.2) is 35.0 Å². The maximum absolute atomic E-state index is 12.0. The number of nitrogens with zero attached hydrogens (tertiary/aromatic N) is 2. The van der Waals surface area contributed by atoms with Crippen LogP contribution in [-0.2, 0) is 30.6 Å². The second-order valence-corrected chi connectivity index (χ2v) is 5.11. The minimum absolute atomic E-state index is 0.0237. The molecule has 0 radical (unpaired) electrons. The molecule has 0 spiro atoms. The molecule has 25 heavy (non-hydrogen) atoms. The molecular weight excluding hydrogens is 330 g/mol. The molecule has 1 N–H and O–H groups in total. The van der Waals surface area contributed by atoms with Gasteiger partial charge < -0.3 is 14.9 Å². The van der Waals surface area contributed by atoms with Crippen molar-refractivity contribution in [3.8, 4) is 6.07 Å². The molecule has 9 nitrogen and oxygen atoms in total. The summed E-state index contributed by atoms with van der Waals surface area (Å²) in [5, 5.41) is 11.3. The van der Waals surface area contributed by atoms with Crippen molar-refractivity contribution in [3.63, 3.8) is 0 Å². The van der Waals surface area contributed by atoms with Crippen LogP contribution in [0.5, 0.6) is 0 Å². The van der Waals surface area contributed by atoms with Crippen LogP contribution in [0, 0.1) is 11.3 Å². The number of hydrogen-bond donors (Lipinski definition) is 1. The predicted octanol–water partition coefficient (Wildman–Crippen LogP) is 0.802. The number of ether oxygens (including phenoxy) is 1. The standard InChI is InChI=1S/C16H15N3O6/c17-9-8-12(15(22)25-19-13(20)6-7-14(19)21)18-16(23)24-10-11-4-2-1-3-5-11/h1-5,12H,6-8,10H2,(H,18,23)/t12-/m1/s1. The molecule has 1 fully saturated rings. The highest BCUT2D eigenvalue weighted by molar-refractivity contribution is 6.01. The number of amides is 3. The fraction of sp³-hybridized carbons (Fsp3) is 0.312. The van der Waals surface area contributed by atoms with Gasteiger partial charge in [-0.2, -0.15) is 5.26 Å². The lowest BCUT2D eigenvalue weighted by Crippen LogP contribution is -2.45. The fourth-order valence-corrected chi connectivity index (χ4v) is 2.00. The van der Waals surface area contributed by atoms with Gasteiger partial charge in [0.05, 0.1) is 12.5 Å². The summed E-state index contributed by atoms with van der Waals surface area (Å²) in [6.45, 7) is -0.0237. The van der Waals surface area contributed by atoms with Crippen LogP contribution in [0.3, 0.4) is 0 Å². The van der Waals surface area contributed by atoms with Crippen molar-refractivity contribution < 1.29 is 28.8 Å². The average Bonchev–Trinajstić information content (AvgIpc) is 2.92. The quantitative estimate of drug-likeness (QED) is 0.756. The van der Waals surface area contributed by atoms with Gasteiger partial charge in [-0.05, 0) is 5.56 Å². The van der Waals surface area contributed by atoms with Gasteiger partial charge in [-0.1, -0.05) is 30.3 Å². The molecule has 3 amide bonds. The van der Waals surface area contributed by atoms with Crippen molar-refractivity contribution >= 4 is 23.9 Å². The third-order valence-electron chi connectivity index (χ3n) is 3.27. The summed E-state index contributed by atoms with van der Waals surface area (Å²) < 4.78 is 4.95. The molecule has 0 saturated carbocycles. The van der Waals surface area contributed by atoms with E-state index in [9.17, 15) is 19.2 Å². The molecule has 1 aromatic rings. The van der Waals surface area contributed by atoms with E-state index in [1.54, 1.807) is 30.3 Å². The molecule has 1 saturated heterocycles. The second-order valence-electron chi connectivity index (χ2n) is 5.11. The lowest BCUT2D eigenvalue weighted by molar-refractivity contribution is -0.198. The number of nitrogens with one attached hydrogen (secondary N) is 1. The molecule has 0 bridgehead atoms. The Balaban J connectivity index is 1.89. The van der Waals surface area contributed by atoms with Crippen molar-refractivity contribution in [1.82, 2.24) is 10.4 Å². The molecule has 0 unspecified atom stereocenters. The molecule has 1 atom stereocenters. The van der Waals surface area contributed by atoms with Crippen molar-refractivity contribution in [3.05, 3.63) is 35.9 Å². The van der Waals surface area contributed by atoms with Crippen molar-refractivity contribution in [2.24, 2.45) is 0 Å². The van der Waals surface area contributed by atoms with Gasteiger partial charge in [-0.25, -0.2) is 9.59 Å². The Bertz CT molecular complexity index is 696. The Morgan fingerprint density at radius 2 is 1.84 bits per heavy atom. The van der Waals surface area contributed by atoms with Crippen LogP contribution >= 0.6 is 0 Å². The minimum Gasteiger partial charge on any atom is -0.445 e. The first-order valence-corrected chi connectivity index (χ1v) is 7.43. The summed E-state index contributed by atoms with van der Waals surface area (Å²) in [7, 11) is 0. The van der Waals surface area contributed by atoms with Crippen molar-refractivity contribution in [1.29, 1.82) is 5.26 Å². The number of hydrogen-bond acceptors (Lipinski definition) is 7. The summed E-state index contributed by atoms with van der Waals surface area (Å²) in [5.41, 5.74) is 0.741. The van der Waals surface area contributed by atoms with E-state index in [0.717, 1.165) is 5.56 Å². The molecular formula is C16H15N3O6. The van der Waals surface area contributed by atoms with Crippen LogP contribution in [0.4, 0.5) is 4.79 Å². The predicted molar refractivity (Wildman–Crippen MR) is 81.0 cm³/mol. The molecule has 2 rings (SSSR count). The van der Waals surface area contributed by atoms with E-state index in [1.807, 2.05) is 6.07 Å². The monoisotopic (exact) mass is 345 g/mol. The van der Waals surface area contributed by atoms with Gasteiger partial charge in [-0.15, -0.1) is 5.06 Å². The van der Waals surface area contributed by atoms with E-state index in [-0.39, 0.29) is 19.4 Å². The van der Waals surface area contributed by atoms with E-state index in [4.69, 9.17) is 10.00 Å². The van der Waals surface area contributed by atoms with Crippen LogP contribution in [0.15, 0.2) is 30.3 Å². The van der Waals surface area contributed by atoms with Gasteiger partial charge in [0.15, 0.2) is 0 Å². The molecule has 1 aromatic carbocycles. The molecule has 1 heterocycles. The summed E-state index contributed by atoms with van der Waals surface area (Å²) >= 11 is 0. The number of nitriles is 1. The molecule has 0 aliphatic carbocycles. The normalized spacial score (nSPS) is 14.6. The second kappa shape index (κ2) is 8.44. The Labute approximate surface area is 143 Å². The number of imide groups is 1. The van der Waals surface area contributed by atoms with E-state index in [1.165, 1.54) is 0 Å². The molecule has 1 aliphatic rings. The van der Waals surface area contributed by atoms with Crippen LogP contribution in [0.1, 0.15) is 24.8 Å². The summed E-state index contributed by atoms with van der Waals surface area (Å²) in [6, 6.07) is 9.20. The third kappa shape index (κ3) is 5.04. The van der Waals surface area contributed by atoms with Gasteiger partial charge in [0.2, 0.25) is 0 Å².